The van der Waals surface area contributed by atoms with Crippen molar-refractivity contribution in [1.29, 1.82) is 0 Å². The minimum Gasteiger partial charge on any atom is -0.481 e. The molecule has 2 amide bonds. The normalized spacial score (nSPS) is 13.2. The summed E-state index contributed by atoms with van der Waals surface area (Å²) < 4.78 is 12.7. The van der Waals surface area contributed by atoms with Crippen LogP contribution in [0.1, 0.15) is 117 Å². The van der Waals surface area contributed by atoms with Crippen molar-refractivity contribution in [2.75, 3.05) is 25.1 Å². The van der Waals surface area contributed by atoms with Crippen LogP contribution in [-0.4, -0.2) is 64.9 Å². The number of hydrogen-bond acceptors (Lipinski definition) is 7. The van der Waals surface area contributed by atoms with Crippen LogP contribution in [0.15, 0.2) is 85.1 Å². The van der Waals surface area contributed by atoms with Crippen LogP contribution >= 0.6 is 0 Å². The molecule has 2 atom stereocenters. The Bertz CT molecular complexity index is 1940. The number of nitrogens with one attached hydrogen (secondary N) is 3. The van der Waals surface area contributed by atoms with E-state index in [1.54, 1.807) is 6.20 Å². The summed E-state index contributed by atoms with van der Waals surface area (Å²) in [6.07, 6.45) is 6.63. The number of rotatable bonds is 24. The SMILES string of the molecule is CCC(C)(C)CCC(C)(C)OCCC(C)(C)OC[C@H](NC(=O)CCCCNc1cc(C)ccn1)C(=O)N[C@@H](CC(=O)O)c1ccc(-c2cccc3ccccc23)cc1. The number of unbranched alkanes of at least 4 members (excludes halogenated alkanes) is 1. The number of pyridine rings is 1. The monoisotopic (exact) mass is 794 g/mol. The minimum atomic E-state index is -1.06. The summed E-state index contributed by atoms with van der Waals surface area (Å²) in [6.45, 7) is 17.9. The quantitative estimate of drug-likeness (QED) is 0.0515. The lowest BCUT2D eigenvalue weighted by Gasteiger charge is -2.33. The number of nitrogens with zero attached hydrogens (tertiary/aromatic N) is 1. The average molecular weight is 795 g/mol. The minimum absolute atomic E-state index is 0.0982. The van der Waals surface area contributed by atoms with Gasteiger partial charge in [-0.1, -0.05) is 93.9 Å². The number of amides is 2. The zero-order valence-electron chi connectivity index (χ0n) is 36.0. The third-order valence-corrected chi connectivity index (χ3v) is 11.0. The Morgan fingerprint density at radius 1 is 0.810 bits per heavy atom. The first-order chi connectivity index (χ1) is 27.5. The zero-order valence-corrected chi connectivity index (χ0v) is 36.0. The van der Waals surface area contributed by atoms with Gasteiger partial charge < -0.3 is 30.5 Å². The number of aryl methyl sites for hydroxylation is 1. The van der Waals surface area contributed by atoms with E-state index in [0.29, 0.717) is 31.6 Å². The van der Waals surface area contributed by atoms with Crippen molar-refractivity contribution < 1.29 is 29.0 Å². The Balaban J connectivity index is 1.43. The van der Waals surface area contributed by atoms with E-state index in [2.05, 4.69) is 79.8 Å². The summed E-state index contributed by atoms with van der Waals surface area (Å²) in [5.41, 5.74) is 3.07. The highest BCUT2D eigenvalue weighted by Gasteiger charge is 2.30. The lowest BCUT2D eigenvalue weighted by molar-refractivity contribution is -0.138. The highest BCUT2D eigenvalue weighted by molar-refractivity contribution is 5.96. The number of anilines is 1. The third kappa shape index (κ3) is 15.2. The fraction of sp³-hybridized carbons (Fsp3) is 0.500. The van der Waals surface area contributed by atoms with Gasteiger partial charge in [-0.3, -0.25) is 14.4 Å². The first kappa shape index (κ1) is 45.9. The molecule has 0 saturated carbocycles. The third-order valence-electron chi connectivity index (χ3n) is 11.0. The topological polar surface area (TPSA) is 139 Å². The number of carbonyl (C=O) groups excluding carboxylic acids is 2. The van der Waals surface area contributed by atoms with Gasteiger partial charge in [-0.15, -0.1) is 0 Å². The number of fused-ring (bicyclic) bond motifs is 1. The second kappa shape index (κ2) is 21.3. The fourth-order valence-corrected chi connectivity index (χ4v) is 6.62. The average Bonchev–Trinajstić information content (AvgIpc) is 3.18. The maximum absolute atomic E-state index is 14.0. The highest BCUT2D eigenvalue weighted by Crippen LogP contribution is 2.32. The molecule has 3 aromatic carbocycles. The van der Waals surface area contributed by atoms with Crippen molar-refractivity contribution in [2.24, 2.45) is 5.41 Å². The highest BCUT2D eigenvalue weighted by atomic mass is 16.5. The maximum atomic E-state index is 14.0. The van der Waals surface area contributed by atoms with Crippen molar-refractivity contribution in [1.82, 2.24) is 15.6 Å². The Hall–Kier alpha value is -4.80. The van der Waals surface area contributed by atoms with E-state index in [0.717, 1.165) is 59.0 Å². The van der Waals surface area contributed by atoms with Gasteiger partial charge in [-0.2, -0.15) is 0 Å². The number of aromatic nitrogens is 1. The molecule has 0 saturated heterocycles. The summed E-state index contributed by atoms with van der Waals surface area (Å²) >= 11 is 0. The second-order valence-corrected chi connectivity index (χ2v) is 17.5. The molecule has 0 aliphatic carbocycles. The Morgan fingerprint density at radius 3 is 2.22 bits per heavy atom. The van der Waals surface area contributed by atoms with Crippen molar-refractivity contribution in [2.45, 2.75) is 130 Å². The molecule has 10 heteroatoms. The molecule has 0 fully saturated rings. The summed E-state index contributed by atoms with van der Waals surface area (Å²) in [5, 5.41) is 21.2. The molecule has 4 N–H and O–H groups in total. The summed E-state index contributed by atoms with van der Waals surface area (Å²) in [7, 11) is 0. The number of hydrogen-bond donors (Lipinski definition) is 4. The van der Waals surface area contributed by atoms with Crippen LogP contribution in [-0.2, 0) is 23.9 Å². The molecule has 0 aliphatic heterocycles. The number of carbonyl (C=O) groups is 3. The van der Waals surface area contributed by atoms with Gasteiger partial charge in [0.25, 0.3) is 0 Å². The predicted molar refractivity (Wildman–Crippen MR) is 234 cm³/mol. The summed E-state index contributed by atoms with van der Waals surface area (Å²) in [5.74, 6) is -1.08. The molecule has 1 heterocycles. The molecule has 314 valence electrons. The van der Waals surface area contributed by atoms with Crippen LogP contribution < -0.4 is 16.0 Å². The molecule has 1 aromatic heterocycles. The molecule has 0 aliphatic rings. The molecule has 4 aromatic rings. The van der Waals surface area contributed by atoms with E-state index in [4.69, 9.17) is 9.47 Å². The van der Waals surface area contributed by atoms with Gasteiger partial charge in [-0.05, 0) is 117 Å². The summed E-state index contributed by atoms with van der Waals surface area (Å²) in [6, 6.07) is 23.9. The van der Waals surface area contributed by atoms with Crippen LogP contribution in [0.25, 0.3) is 21.9 Å². The number of aliphatic carboxylic acids is 1. The van der Waals surface area contributed by atoms with Gasteiger partial charge >= 0.3 is 5.97 Å². The van der Waals surface area contributed by atoms with Crippen molar-refractivity contribution in [3.8, 4) is 11.1 Å². The molecule has 10 nitrogen and oxygen atoms in total. The lowest BCUT2D eigenvalue weighted by Crippen LogP contribution is -2.51. The van der Waals surface area contributed by atoms with Crippen LogP contribution in [0.4, 0.5) is 5.82 Å². The largest absolute Gasteiger partial charge is 0.481 e. The Morgan fingerprint density at radius 2 is 1.52 bits per heavy atom. The number of ether oxygens (including phenoxy) is 2. The lowest BCUT2D eigenvalue weighted by atomic mass is 9.82. The molecular weight excluding hydrogens is 729 g/mol. The van der Waals surface area contributed by atoms with Crippen molar-refractivity contribution in [3.05, 3.63) is 96.2 Å². The molecule has 58 heavy (non-hydrogen) atoms. The molecular formula is C48H66N4O6. The van der Waals surface area contributed by atoms with E-state index in [1.807, 2.05) is 75.4 Å². The van der Waals surface area contributed by atoms with Crippen LogP contribution in [0.5, 0.6) is 0 Å². The van der Waals surface area contributed by atoms with E-state index in [9.17, 15) is 19.5 Å². The number of carboxylic acids is 1. The smallest absolute Gasteiger partial charge is 0.305 e. The standard InChI is InChI=1S/C48H66N4O6/c1-9-46(3,4)25-26-47(5,6)57-30-27-48(7,8)58-33-41(51-43(53)19-12-13-28-49-42-31-34(2)24-29-50-42)45(56)52-40(32-44(54)55)37-22-20-36(21-23-37)39-18-14-16-35-15-10-11-17-38(35)39/h10-11,14-18,20-24,29,31,40-41H,9,12-13,19,25-28,30,32-33H2,1-8H3,(H,49,50)(H,51,53)(H,52,56)(H,54,55)/t40-,41-/m0/s1. The predicted octanol–water partition coefficient (Wildman–Crippen LogP) is 9.81. The van der Waals surface area contributed by atoms with Gasteiger partial charge in [0.1, 0.15) is 11.9 Å². The van der Waals surface area contributed by atoms with Crippen molar-refractivity contribution >= 4 is 34.4 Å². The zero-order chi connectivity index (χ0) is 42.3. The molecule has 0 radical (unpaired) electrons. The van der Waals surface area contributed by atoms with E-state index in [1.165, 1.54) is 0 Å². The molecule has 0 spiro atoms. The van der Waals surface area contributed by atoms with Gasteiger partial charge in [0.2, 0.25) is 11.8 Å². The van der Waals surface area contributed by atoms with Gasteiger partial charge in [0.15, 0.2) is 0 Å². The summed E-state index contributed by atoms with van der Waals surface area (Å²) in [4.78, 5) is 43.8. The maximum Gasteiger partial charge on any atom is 0.305 e. The van der Waals surface area contributed by atoms with Gasteiger partial charge in [0, 0.05) is 19.2 Å². The Kier molecular flexibility index (Phi) is 16.8. The van der Waals surface area contributed by atoms with Crippen LogP contribution in [0, 0.1) is 12.3 Å². The van der Waals surface area contributed by atoms with Crippen LogP contribution in [0.2, 0.25) is 0 Å². The van der Waals surface area contributed by atoms with E-state index >= 15 is 0 Å². The molecule has 4 rings (SSSR count). The number of carboxylic acid groups (broad SMARTS) is 1. The number of benzene rings is 3. The Labute approximate surface area is 345 Å². The first-order valence-electron chi connectivity index (χ1n) is 20.8. The van der Waals surface area contributed by atoms with E-state index < -0.39 is 29.6 Å². The molecule has 0 unspecified atom stereocenters. The van der Waals surface area contributed by atoms with Crippen molar-refractivity contribution in [3.63, 3.8) is 0 Å². The van der Waals surface area contributed by atoms with Crippen LogP contribution in [0.3, 0.4) is 0 Å². The van der Waals surface area contributed by atoms with E-state index in [-0.39, 0.29) is 36.4 Å². The van der Waals surface area contributed by atoms with Gasteiger partial charge in [0.05, 0.1) is 36.9 Å². The second-order valence-electron chi connectivity index (χ2n) is 17.5. The molecule has 0 bridgehead atoms. The fourth-order valence-electron chi connectivity index (χ4n) is 6.62. The first-order valence-corrected chi connectivity index (χ1v) is 20.8. The van der Waals surface area contributed by atoms with Gasteiger partial charge in [-0.25, -0.2) is 4.98 Å².